The Morgan fingerprint density at radius 1 is 0.972 bits per heavy atom. The zero-order valence-corrected chi connectivity index (χ0v) is 20.9. The van der Waals surface area contributed by atoms with E-state index < -0.39 is 6.04 Å². The summed E-state index contributed by atoms with van der Waals surface area (Å²) in [5.74, 6) is 1.28. The molecule has 1 unspecified atom stereocenters. The van der Waals surface area contributed by atoms with E-state index in [0.717, 1.165) is 16.6 Å². The number of carbonyl (C=O) groups excluding carboxylic acids is 2. The molecule has 186 valence electrons. The Kier molecular flexibility index (Phi) is 7.53. The third-order valence-electron chi connectivity index (χ3n) is 6.05. The lowest BCUT2D eigenvalue weighted by Gasteiger charge is -2.20. The van der Waals surface area contributed by atoms with Crippen molar-refractivity contribution in [2.75, 3.05) is 21.3 Å². The number of ether oxygens (including phenoxy) is 2. The number of benzene rings is 3. The SMILES string of the molecule is COc1ccc(C(=O)NC(C)c2nc3ccccc3n2CC(=O)N(C)Cc2ccccc2)cc1OC. The number of nitrogens with zero attached hydrogens (tertiary/aromatic N) is 3. The minimum Gasteiger partial charge on any atom is -0.493 e. The van der Waals surface area contributed by atoms with Crippen LogP contribution in [0.15, 0.2) is 72.8 Å². The second-order valence-electron chi connectivity index (χ2n) is 8.55. The number of carbonyl (C=O) groups is 2. The van der Waals surface area contributed by atoms with Crippen molar-refractivity contribution in [3.05, 3.63) is 89.7 Å². The smallest absolute Gasteiger partial charge is 0.251 e. The molecule has 1 N–H and O–H groups in total. The molecule has 0 radical (unpaired) electrons. The lowest BCUT2D eigenvalue weighted by molar-refractivity contribution is -0.131. The van der Waals surface area contributed by atoms with E-state index in [9.17, 15) is 9.59 Å². The van der Waals surface area contributed by atoms with Crippen molar-refractivity contribution in [3.63, 3.8) is 0 Å². The average Bonchev–Trinajstić information content (AvgIpc) is 3.27. The summed E-state index contributed by atoms with van der Waals surface area (Å²) >= 11 is 0. The quantitative estimate of drug-likeness (QED) is 0.383. The van der Waals surface area contributed by atoms with E-state index in [-0.39, 0.29) is 18.4 Å². The van der Waals surface area contributed by atoms with E-state index in [4.69, 9.17) is 14.5 Å². The summed E-state index contributed by atoms with van der Waals surface area (Å²) in [5.41, 5.74) is 3.08. The fourth-order valence-corrected chi connectivity index (χ4v) is 4.11. The molecule has 4 rings (SSSR count). The molecule has 4 aromatic rings. The fourth-order valence-electron chi connectivity index (χ4n) is 4.11. The molecule has 0 fully saturated rings. The molecule has 0 aliphatic heterocycles. The summed E-state index contributed by atoms with van der Waals surface area (Å²) < 4.78 is 12.5. The van der Waals surface area contributed by atoms with Gasteiger partial charge in [0.2, 0.25) is 5.91 Å². The van der Waals surface area contributed by atoms with Gasteiger partial charge in [0.25, 0.3) is 5.91 Å². The van der Waals surface area contributed by atoms with E-state index in [1.807, 2.05) is 66.1 Å². The first-order valence-electron chi connectivity index (χ1n) is 11.7. The first-order valence-corrected chi connectivity index (χ1v) is 11.7. The van der Waals surface area contributed by atoms with Gasteiger partial charge in [-0.1, -0.05) is 42.5 Å². The summed E-state index contributed by atoms with van der Waals surface area (Å²) in [6.07, 6.45) is 0. The highest BCUT2D eigenvalue weighted by Crippen LogP contribution is 2.28. The average molecular weight is 487 g/mol. The molecule has 8 nitrogen and oxygen atoms in total. The Hall–Kier alpha value is -4.33. The molecular formula is C28H30N4O4. The van der Waals surface area contributed by atoms with E-state index in [0.29, 0.717) is 29.4 Å². The molecule has 8 heteroatoms. The van der Waals surface area contributed by atoms with Gasteiger partial charge in [-0.15, -0.1) is 0 Å². The predicted molar refractivity (Wildman–Crippen MR) is 138 cm³/mol. The highest BCUT2D eigenvalue weighted by atomic mass is 16.5. The maximum absolute atomic E-state index is 13.2. The lowest BCUT2D eigenvalue weighted by Crippen LogP contribution is -2.32. The van der Waals surface area contributed by atoms with Crippen LogP contribution in [0.3, 0.4) is 0 Å². The number of nitrogens with one attached hydrogen (secondary N) is 1. The predicted octanol–water partition coefficient (Wildman–Crippen LogP) is 4.20. The van der Waals surface area contributed by atoms with Crippen LogP contribution >= 0.6 is 0 Å². The van der Waals surface area contributed by atoms with Gasteiger partial charge in [0.15, 0.2) is 11.5 Å². The zero-order chi connectivity index (χ0) is 25.7. The van der Waals surface area contributed by atoms with E-state index in [1.54, 1.807) is 37.3 Å². The van der Waals surface area contributed by atoms with Gasteiger partial charge in [-0.2, -0.15) is 0 Å². The van der Waals surface area contributed by atoms with Crippen LogP contribution in [0.25, 0.3) is 11.0 Å². The first kappa shape index (κ1) is 24.8. The van der Waals surface area contributed by atoms with E-state index in [1.165, 1.54) is 7.11 Å². The number of methoxy groups -OCH3 is 2. The van der Waals surface area contributed by atoms with Crippen LogP contribution in [0.1, 0.15) is 34.7 Å². The second-order valence-corrected chi connectivity index (χ2v) is 8.55. The largest absolute Gasteiger partial charge is 0.493 e. The fraction of sp³-hybridized carbons (Fsp3) is 0.250. The molecule has 0 saturated carbocycles. The molecular weight excluding hydrogens is 456 g/mol. The van der Waals surface area contributed by atoms with Gasteiger partial charge in [-0.3, -0.25) is 9.59 Å². The van der Waals surface area contributed by atoms with Crippen LogP contribution in [0.2, 0.25) is 0 Å². The second kappa shape index (κ2) is 10.9. The number of fused-ring (bicyclic) bond motifs is 1. The van der Waals surface area contributed by atoms with Crippen LogP contribution in [0.5, 0.6) is 11.5 Å². The Morgan fingerprint density at radius 3 is 2.39 bits per heavy atom. The van der Waals surface area contributed by atoms with Gasteiger partial charge in [0.1, 0.15) is 12.4 Å². The molecule has 2 amide bonds. The number of aromatic nitrogens is 2. The van der Waals surface area contributed by atoms with Crippen molar-refractivity contribution in [1.29, 1.82) is 0 Å². The van der Waals surface area contributed by atoms with Crippen molar-refractivity contribution in [2.24, 2.45) is 0 Å². The number of hydrogen-bond acceptors (Lipinski definition) is 5. The summed E-state index contributed by atoms with van der Waals surface area (Å²) in [4.78, 5) is 32.7. The van der Waals surface area contributed by atoms with Crippen LogP contribution in [0.4, 0.5) is 0 Å². The monoisotopic (exact) mass is 486 g/mol. The van der Waals surface area contributed by atoms with E-state index >= 15 is 0 Å². The summed E-state index contributed by atoms with van der Waals surface area (Å²) in [7, 11) is 4.86. The Labute approximate surface area is 210 Å². The molecule has 1 heterocycles. The van der Waals surface area contributed by atoms with Crippen LogP contribution in [-0.2, 0) is 17.9 Å². The van der Waals surface area contributed by atoms with Crippen molar-refractivity contribution in [3.8, 4) is 11.5 Å². The summed E-state index contributed by atoms with van der Waals surface area (Å²) in [5, 5.41) is 3.00. The molecule has 3 aromatic carbocycles. The minimum absolute atomic E-state index is 0.0540. The summed E-state index contributed by atoms with van der Waals surface area (Å²) in [6, 6.07) is 22.0. The maximum atomic E-state index is 13.2. The number of likely N-dealkylation sites (N-methyl/N-ethyl adjacent to an activating group) is 1. The molecule has 36 heavy (non-hydrogen) atoms. The molecule has 0 saturated heterocycles. The van der Waals surface area contributed by atoms with Gasteiger partial charge >= 0.3 is 0 Å². The van der Waals surface area contributed by atoms with Gasteiger partial charge < -0.3 is 24.3 Å². The van der Waals surface area contributed by atoms with Crippen molar-refractivity contribution in [2.45, 2.75) is 26.1 Å². The maximum Gasteiger partial charge on any atom is 0.251 e. The van der Waals surface area contributed by atoms with Crippen molar-refractivity contribution >= 4 is 22.8 Å². The lowest BCUT2D eigenvalue weighted by atomic mass is 10.1. The van der Waals surface area contributed by atoms with Crippen LogP contribution < -0.4 is 14.8 Å². The number of rotatable bonds is 9. The highest BCUT2D eigenvalue weighted by molar-refractivity contribution is 5.95. The highest BCUT2D eigenvalue weighted by Gasteiger charge is 2.22. The third kappa shape index (κ3) is 5.33. The number of para-hydroxylation sites is 2. The first-order chi connectivity index (χ1) is 17.4. The van der Waals surface area contributed by atoms with Gasteiger partial charge in [0.05, 0.1) is 31.3 Å². The standard InChI is InChI=1S/C28H30N4O4/c1-19(29-28(34)21-14-15-24(35-3)25(16-21)36-4)27-30-22-12-8-9-13-23(22)32(27)18-26(33)31(2)17-20-10-6-5-7-11-20/h5-16,19H,17-18H2,1-4H3,(H,29,34). The van der Waals surface area contributed by atoms with E-state index in [2.05, 4.69) is 5.32 Å². The Bertz CT molecular complexity index is 1370. The van der Waals surface area contributed by atoms with Crippen LogP contribution in [-0.4, -0.2) is 47.5 Å². The molecule has 0 aliphatic carbocycles. The third-order valence-corrected chi connectivity index (χ3v) is 6.05. The van der Waals surface area contributed by atoms with Crippen molar-refractivity contribution in [1.82, 2.24) is 19.8 Å². The Morgan fingerprint density at radius 2 is 1.67 bits per heavy atom. The van der Waals surface area contributed by atoms with Crippen molar-refractivity contribution < 1.29 is 19.1 Å². The zero-order valence-electron chi connectivity index (χ0n) is 20.9. The molecule has 0 bridgehead atoms. The topological polar surface area (TPSA) is 85.7 Å². The van der Waals surface area contributed by atoms with Gasteiger partial charge in [0, 0.05) is 19.2 Å². The molecule has 0 spiro atoms. The van der Waals surface area contributed by atoms with Crippen LogP contribution in [0, 0.1) is 0 Å². The minimum atomic E-state index is -0.453. The molecule has 1 atom stereocenters. The summed E-state index contributed by atoms with van der Waals surface area (Å²) in [6.45, 7) is 2.47. The number of imidazole rings is 1. The molecule has 1 aromatic heterocycles. The number of amides is 2. The normalized spacial score (nSPS) is 11.7. The Balaban J connectivity index is 1.56. The molecule has 0 aliphatic rings. The van der Waals surface area contributed by atoms with Gasteiger partial charge in [-0.25, -0.2) is 4.98 Å². The van der Waals surface area contributed by atoms with Gasteiger partial charge in [-0.05, 0) is 42.8 Å². The number of hydrogen-bond donors (Lipinski definition) is 1.